The molecule has 1 aliphatic rings. The van der Waals surface area contributed by atoms with E-state index in [2.05, 4.69) is 19.2 Å². The Bertz CT molecular complexity index is 409. The van der Waals surface area contributed by atoms with E-state index in [1.165, 1.54) is 12.1 Å². The Labute approximate surface area is 99.0 Å². The summed E-state index contributed by atoms with van der Waals surface area (Å²) in [6.07, 6.45) is -4.26. The van der Waals surface area contributed by atoms with Gasteiger partial charge in [0.25, 0.3) is 0 Å². The Morgan fingerprint density at radius 2 is 2.00 bits per heavy atom. The predicted molar refractivity (Wildman–Crippen MR) is 60.8 cm³/mol. The average Bonchev–Trinajstić information content (AvgIpc) is 2.57. The SMILES string of the molecule is CC1(C)CNC[C@H]1c1cccc(C(F)(F)F)c1. The molecule has 1 aromatic rings. The van der Waals surface area contributed by atoms with E-state index < -0.39 is 11.7 Å². The molecule has 1 heterocycles. The van der Waals surface area contributed by atoms with Crippen LogP contribution in [0.1, 0.15) is 30.9 Å². The normalized spacial score (nSPS) is 23.9. The van der Waals surface area contributed by atoms with Crippen molar-refractivity contribution >= 4 is 0 Å². The smallest absolute Gasteiger partial charge is 0.316 e. The quantitative estimate of drug-likeness (QED) is 0.797. The highest BCUT2D eigenvalue weighted by Crippen LogP contribution is 2.40. The van der Waals surface area contributed by atoms with Gasteiger partial charge in [0.2, 0.25) is 0 Å². The van der Waals surface area contributed by atoms with Crippen LogP contribution in [-0.4, -0.2) is 13.1 Å². The van der Waals surface area contributed by atoms with Gasteiger partial charge in [-0.1, -0.05) is 32.0 Å². The van der Waals surface area contributed by atoms with Crippen molar-refractivity contribution in [3.63, 3.8) is 0 Å². The molecule has 0 amide bonds. The van der Waals surface area contributed by atoms with Crippen LogP contribution in [0.3, 0.4) is 0 Å². The van der Waals surface area contributed by atoms with E-state index in [-0.39, 0.29) is 11.3 Å². The van der Waals surface area contributed by atoms with Crippen LogP contribution in [0.2, 0.25) is 0 Å². The lowest BCUT2D eigenvalue weighted by atomic mass is 9.77. The van der Waals surface area contributed by atoms with Crippen molar-refractivity contribution in [3.8, 4) is 0 Å². The summed E-state index contributed by atoms with van der Waals surface area (Å²) in [5, 5.41) is 3.24. The predicted octanol–water partition coefficient (Wildman–Crippen LogP) is 3.42. The molecule has 4 heteroatoms. The fraction of sp³-hybridized carbons (Fsp3) is 0.538. The van der Waals surface area contributed by atoms with Gasteiger partial charge in [0.05, 0.1) is 5.56 Å². The first-order chi connectivity index (χ1) is 7.81. The summed E-state index contributed by atoms with van der Waals surface area (Å²) in [5.74, 6) is 0.143. The minimum absolute atomic E-state index is 0.00419. The molecule has 0 bridgehead atoms. The van der Waals surface area contributed by atoms with Crippen molar-refractivity contribution < 1.29 is 13.2 Å². The lowest BCUT2D eigenvalue weighted by molar-refractivity contribution is -0.137. The van der Waals surface area contributed by atoms with E-state index in [9.17, 15) is 13.2 Å². The van der Waals surface area contributed by atoms with Crippen LogP contribution in [0.25, 0.3) is 0 Å². The number of nitrogens with one attached hydrogen (secondary N) is 1. The number of hydrogen-bond acceptors (Lipinski definition) is 1. The third kappa shape index (κ3) is 2.46. The fourth-order valence-electron chi connectivity index (χ4n) is 2.44. The van der Waals surface area contributed by atoms with Crippen molar-refractivity contribution in [3.05, 3.63) is 35.4 Å². The minimum atomic E-state index is -4.26. The van der Waals surface area contributed by atoms with Crippen molar-refractivity contribution in [1.82, 2.24) is 5.32 Å². The number of alkyl halides is 3. The van der Waals surface area contributed by atoms with Gasteiger partial charge in [0.1, 0.15) is 0 Å². The van der Waals surface area contributed by atoms with Gasteiger partial charge < -0.3 is 5.32 Å². The van der Waals surface area contributed by atoms with Crippen LogP contribution in [0, 0.1) is 5.41 Å². The maximum absolute atomic E-state index is 12.6. The monoisotopic (exact) mass is 243 g/mol. The first kappa shape index (κ1) is 12.4. The zero-order valence-corrected chi connectivity index (χ0v) is 9.93. The van der Waals surface area contributed by atoms with E-state index in [1.54, 1.807) is 6.07 Å². The lowest BCUT2D eigenvalue weighted by Crippen LogP contribution is -2.21. The molecule has 1 atom stereocenters. The van der Waals surface area contributed by atoms with Crippen LogP contribution in [0.4, 0.5) is 13.2 Å². The number of rotatable bonds is 1. The number of halogens is 3. The van der Waals surface area contributed by atoms with E-state index in [1.807, 2.05) is 0 Å². The van der Waals surface area contributed by atoms with Crippen LogP contribution in [0.5, 0.6) is 0 Å². The Hall–Kier alpha value is -1.03. The highest BCUT2D eigenvalue weighted by molar-refractivity contribution is 5.30. The summed E-state index contributed by atoms with van der Waals surface area (Å²) in [6.45, 7) is 5.75. The van der Waals surface area contributed by atoms with Gasteiger partial charge in [0, 0.05) is 19.0 Å². The van der Waals surface area contributed by atoms with Crippen LogP contribution in [-0.2, 0) is 6.18 Å². The molecule has 17 heavy (non-hydrogen) atoms. The molecule has 1 aliphatic heterocycles. The van der Waals surface area contributed by atoms with Crippen LogP contribution in [0.15, 0.2) is 24.3 Å². The van der Waals surface area contributed by atoms with E-state index in [0.29, 0.717) is 0 Å². The van der Waals surface area contributed by atoms with E-state index in [0.717, 1.165) is 24.7 Å². The van der Waals surface area contributed by atoms with Gasteiger partial charge in [-0.3, -0.25) is 0 Å². The molecule has 0 spiro atoms. The molecular weight excluding hydrogens is 227 g/mol. The van der Waals surface area contributed by atoms with Gasteiger partial charge in [0.15, 0.2) is 0 Å². The van der Waals surface area contributed by atoms with Crippen LogP contribution >= 0.6 is 0 Å². The minimum Gasteiger partial charge on any atom is -0.316 e. The first-order valence-corrected chi connectivity index (χ1v) is 5.68. The highest BCUT2D eigenvalue weighted by atomic mass is 19.4. The molecule has 1 fully saturated rings. The summed E-state index contributed by atoms with van der Waals surface area (Å²) < 4.78 is 37.9. The average molecular weight is 243 g/mol. The molecule has 1 nitrogen and oxygen atoms in total. The van der Waals surface area contributed by atoms with Crippen molar-refractivity contribution in [2.45, 2.75) is 25.9 Å². The van der Waals surface area contributed by atoms with E-state index >= 15 is 0 Å². The Morgan fingerprint density at radius 1 is 1.29 bits per heavy atom. The molecule has 1 N–H and O–H groups in total. The van der Waals surface area contributed by atoms with Gasteiger partial charge >= 0.3 is 6.18 Å². The second kappa shape index (κ2) is 4.02. The first-order valence-electron chi connectivity index (χ1n) is 5.68. The maximum Gasteiger partial charge on any atom is 0.416 e. The van der Waals surface area contributed by atoms with Gasteiger partial charge in [-0.15, -0.1) is 0 Å². The summed E-state index contributed by atoms with van der Waals surface area (Å²) in [4.78, 5) is 0. The summed E-state index contributed by atoms with van der Waals surface area (Å²) in [5.41, 5.74) is 0.219. The van der Waals surface area contributed by atoms with Gasteiger partial charge in [-0.2, -0.15) is 13.2 Å². The molecule has 1 aromatic carbocycles. The lowest BCUT2D eigenvalue weighted by Gasteiger charge is -2.26. The molecule has 0 aliphatic carbocycles. The standard InChI is InChI=1S/C13H16F3N/c1-12(2)8-17-7-11(12)9-4-3-5-10(6-9)13(14,15)16/h3-6,11,17H,7-8H2,1-2H3/t11-/m0/s1. The van der Waals surface area contributed by atoms with Crippen molar-refractivity contribution in [1.29, 1.82) is 0 Å². The fourth-order valence-corrected chi connectivity index (χ4v) is 2.44. The largest absolute Gasteiger partial charge is 0.416 e. The molecule has 0 unspecified atom stereocenters. The topological polar surface area (TPSA) is 12.0 Å². The van der Waals surface area contributed by atoms with Crippen LogP contribution < -0.4 is 5.32 Å². The second-order valence-corrected chi connectivity index (χ2v) is 5.30. The molecule has 0 radical (unpaired) electrons. The Kier molecular flexibility index (Phi) is 2.94. The maximum atomic E-state index is 12.6. The molecule has 94 valence electrons. The summed E-state index contributed by atoms with van der Waals surface area (Å²) in [7, 11) is 0. The summed E-state index contributed by atoms with van der Waals surface area (Å²) in [6, 6.07) is 5.68. The third-order valence-corrected chi connectivity index (χ3v) is 3.49. The number of benzene rings is 1. The molecule has 0 aromatic heterocycles. The van der Waals surface area contributed by atoms with Gasteiger partial charge in [-0.05, 0) is 17.0 Å². The Morgan fingerprint density at radius 3 is 2.53 bits per heavy atom. The summed E-state index contributed by atoms with van der Waals surface area (Å²) >= 11 is 0. The highest BCUT2D eigenvalue weighted by Gasteiger charge is 2.37. The molecule has 2 rings (SSSR count). The third-order valence-electron chi connectivity index (χ3n) is 3.49. The van der Waals surface area contributed by atoms with Crippen molar-refractivity contribution in [2.24, 2.45) is 5.41 Å². The second-order valence-electron chi connectivity index (χ2n) is 5.30. The zero-order valence-electron chi connectivity index (χ0n) is 9.93. The zero-order chi connectivity index (χ0) is 12.7. The molecule has 1 saturated heterocycles. The molecule has 0 saturated carbocycles. The van der Waals surface area contributed by atoms with E-state index in [4.69, 9.17) is 0 Å². The molecular formula is C13H16F3N. The Balaban J connectivity index is 2.34. The van der Waals surface area contributed by atoms with Gasteiger partial charge in [-0.25, -0.2) is 0 Å². The number of hydrogen-bond donors (Lipinski definition) is 1. The van der Waals surface area contributed by atoms with Crippen molar-refractivity contribution in [2.75, 3.05) is 13.1 Å².